The third kappa shape index (κ3) is 3.00. The number of ether oxygens (including phenoxy) is 1. The molecule has 122 valence electrons. The lowest BCUT2D eigenvalue weighted by atomic mass is 10.1. The van der Waals surface area contributed by atoms with Crippen LogP contribution in [0.15, 0.2) is 42.5 Å². The van der Waals surface area contributed by atoms with Crippen LogP contribution in [0.5, 0.6) is 5.75 Å². The number of rotatable bonds is 4. The van der Waals surface area contributed by atoms with E-state index >= 15 is 0 Å². The SMILES string of the molecule is Cc1c(Cl)c(COc2cc(F)ccc2[N+](=O)[O-])nc2ccccc12. The smallest absolute Gasteiger partial charge is 0.311 e. The van der Waals surface area contributed by atoms with Gasteiger partial charge in [-0.2, -0.15) is 0 Å². The van der Waals surface area contributed by atoms with E-state index in [-0.39, 0.29) is 18.0 Å². The summed E-state index contributed by atoms with van der Waals surface area (Å²) in [7, 11) is 0. The number of hydrogen-bond acceptors (Lipinski definition) is 4. The minimum absolute atomic E-state index is 0.102. The number of aryl methyl sites for hydroxylation is 1. The summed E-state index contributed by atoms with van der Waals surface area (Å²) in [6, 6.07) is 10.5. The third-order valence-corrected chi connectivity index (χ3v) is 4.13. The predicted octanol–water partition coefficient (Wildman–Crippen LogP) is 4.82. The predicted molar refractivity (Wildman–Crippen MR) is 88.9 cm³/mol. The van der Waals surface area contributed by atoms with Crippen LogP contribution in [0.2, 0.25) is 5.02 Å². The molecule has 0 aliphatic carbocycles. The van der Waals surface area contributed by atoms with Crippen LogP contribution >= 0.6 is 11.6 Å². The Morgan fingerprint density at radius 1 is 1.29 bits per heavy atom. The van der Waals surface area contributed by atoms with Gasteiger partial charge < -0.3 is 4.74 Å². The summed E-state index contributed by atoms with van der Waals surface area (Å²) in [6.07, 6.45) is 0. The van der Waals surface area contributed by atoms with Crippen LogP contribution in [0.25, 0.3) is 10.9 Å². The summed E-state index contributed by atoms with van der Waals surface area (Å²) in [5.41, 5.74) is 1.71. The second kappa shape index (κ2) is 6.41. The van der Waals surface area contributed by atoms with Gasteiger partial charge in [0.1, 0.15) is 12.4 Å². The standard InChI is InChI=1S/C17H12ClFN2O3/c1-10-12-4-2-3-5-13(12)20-14(17(10)18)9-24-16-8-11(19)6-7-15(16)21(22)23/h2-8H,9H2,1H3. The molecule has 0 N–H and O–H groups in total. The molecule has 2 aromatic carbocycles. The van der Waals surface area contributed by atoms with Gasteiger partial charge in [0.2, 0.25) is 0 Å². The number of nitro groups is 1. The van der Waals surface area contributed by atoms with E-state index < -0.39 is 10.7 Å². The van der Waals surface area contributed by atoms with Gasteiger partial charge in [-0.15, -0.1) is 0 Å². The van der Waals surface area contributed by atoms with Crippen molar-refractivity contribution in [2.24, 2.45) is 0 Å². The molecule has 1 aromatic heterocycles. The molecule has 0 aliphatic heterocycles. The molecule has 0 saturated heterocycles. The van der Waals surface area contributed by atoms with Crippen LogP contribution in [0.1, 0.15) is 11.3 Å². The first-order valence-electron chi connectivity index (χ1n) is 7.08. The van der Waals surface area contributed by atoms with E-state index in [2.05, 4.69) is 4.98 Å². The molecule has 1 heterocycles. The second-order valence-corrected chi connectivity index (χ2v) is 5.55. The number of nitrogens with zero attached hydrogens (tertiary/aromatic N) is 2. The number of fused-ring (bicyclic) bond motifs is 1. The normalized spacial score (nSPS) is 10.8. The second-order valence-electron chi connectivity index (χ2n) is 5.17. The number of hydrogen-bond donors (Lipinski definition) is 0. The summed E-state index contributed by atoms with van der Waals surface area (Å²) < 4.78 is 18.8. The molecule has 5 nitrogen and oxygen atoms in total. The molecule has 0 fully saturated rings. The topological polar surface area (TPSA) is 65.3 Å². The third-order valence-electron chi connectivity index (χ3n) is 3.63. The van der Waals surface area contributed by atoms with Crippen LogP contribution < -0.4 is 4.74 Å². The molecular weight excluding hydrogens is 335 g/mol. The lowest BCUT2D eigenvalue weighted by molar-refractivity contribution is -0.386. The highest BCUT2D eigenvalue weighted by molar-refractivity contribution is 6.32. The number of benzene rings is 2. The zero-order valence-corrected chi connectivity index (χ0v) is 13.4. The Balaban J connectivity index is 1.96. The maximum Gasteiger partial charge on any atom is 0.311 e. The van der Waals surface area contributed by atoms with Gasteiger partial charge in [-0.25, -0.2) is 9.37 Å². The van der Waals surface area contributed by atoms with Crippen LogP contribution in [-0.2, 0) is 6.61 Å². The van der Waals surface area contributed by atoms with E-state index in [1.54, 1.807) is 0 Å². The van der Waals surface area contributed by atoms with Crippen molar-refractivity contribution in [3.8, 4) is 5.75 Å². The van der Waals surface area contributed by atoms with E-state index in [0.29, 0.717) is 10.7 Å². The fraction of sp³-hybridized carbons (Fsp3) is 0.118. The minimum atomic E-state index is -0.630. The van der Waals surface area contributed by atoms with Crippen molar-refractivity contribution in [2.45, 2.75) is 13.5 Å². The number of para-hydroxylation sites is 1. The monoisotopic (exact) mass is 346 g/mol. The average Bonchev–Trinajstić information content (AvgIpc) is 2.56. The first-order chi connectivity index (χ1) is 11.5. The molecule has 0 amide bonds. The maximum atomic E-state index is 13.3. The fourth-order valence-electron chi connectivity index (χ4n) is 2.41. The van der Waals surface area contributed by atoms with Crippen molar-refractivity contribution in [2.75, 3.05) is 0 Å². The summed E-state index contributed by atoms with van der Waals surface area (Å²) in [5, 5.41) is 12.3. The molecular formula is C17H12ClFN2O3. The Hall–Kier alpha value is -2.73. The molecule has 0 unspecified atom stereocenters. The van der Waals surface area contributed by atoms with Crippen LogP contribution in [0.4, 0.5) is 10.1 Å². The van der Waals surface area contributed by atoms with Gasteiger partial charge in [-0.05, 0) is 24.6 Å². The number of pyridine rings is 1. The molecule has 0 atom stereocenters. The fourth-order valence-corrected chi connectivity index (χ4v) is 2.61. The van der Waals surface area contributed by atoms with Gasteiger partial charge in [0, 0.05) is 17.5 Å². The maximum absolute atomic E-state index is 13.3. The molecule has 0 radical (unpaired) electrons. The summed E-state index contributed by atoms with van der Waals surface area (Å²) >= 11 is 6.32. The van der Waals surface area contributed by atoms with E-state index in [9.17, 15) is 14.5 Å². The lowest BCUT2D eigenvalue weighted by Gasteiger charge is -2.11. The highest BCUT2D eigenvalue weighted by Crippen LogP contribution is 2.31. The Bertz CT molecular complexity index is 947. The summed E-state index contributed by atoms with van der Waals surface area (Å²) in [4.78, 5) is 14.8. The molecule has 0 bridgehead atoms. The molecule has 7 heteroatoms. The number of halogens is 2. The minimum Gasteiger partial charge on any atom is -0.480 e. The van der Waals surface area contributed by atoms with Gasteiger partial charge in [-0.1, -0.05) is 29.8 Å². The quantitative estimate of drug-likeness (QED) is 0.501. The van der Waals surface area contributed by atoms with Gasteiger partial charge in [0.15, 0.2) is 5.75 Å². The first-order valence-corrected chi connectivity index (χ1v) is 7.45. The molecule has 3 aromatic rings. The van der Waals surface area contributed by atoms with Crippen molar-refractivity contribution < 1.29 is 14.1 Å². The van der Waals surface area contributed by atoms with Gasteiger partial charge in [0.25, 0.3) is 0 Å². The summed E-state index contributed by atoms with van der Waals surface area (Å²) in [5.74, 6) is -0.784. The zero-order chi connectivity index (χ0) is 17.3. The number of aromatic nitrogens is 1. The van der Waals surface area contributed by atoms with Crippen molar-refractivity contribution >= 4 is 28.2 Å². The van der Waals surface area contributed by atoms with Gasteiger partial charge in [-0.3, -0.25) is 10.1 Å². The first kappa shape index (κ1) is 16.1. The van der Waals surface area contributed by atoms with Gasteiger partial charge in [0.05, 0.1) is 21.2 Å². The van der Waals surface area contributed by atoms with Crippen molar-refractivity contribution in [3.63, 3.8) is 0 Å². The van der Waals surface area contributed by atoms with E-state index in [1.165, 1.54) is 0 Å². The Morgan fingerprint density at radius 2 is 2.04 bits per heavy atom. The van der Waals surface area contributed by atoms with Crippen molar-refractivity contribution in [3.05, 3.63) is 74.7 Å². The Kier molecular flexibility index (Phi) is 4.31. The summed E-state index contributed by atoms with van der Waals surface area (Å²) in [6.45, 7) is 1.76. The van der Waals surface area contributed by atoms with Crippen LogP contribution in [0.3, 0.4) is 0 Å². The van der Waals surface area contributed by atoms with E-state index in [4.69, 9.17) is 16.3 Å². The van der Waals surface area contributed by atoms with Crippen LogP contribution in [0, 0.1) is 22.9 Å². The van der Waals surface area contributed by atoms with E-state index in [0.717, 1.165) is 34.7 Å². The Labute approximate surface area is 141 Å². The van der Waals surface area contributed by atoms with Crippen molar-refractivity contribution in [1.82, 2.24) is 4.98 Å². The molecule has 0 spiro atoms. The van der Waals surface area contributed by atoms with E-state index in [1.807, 2.05) is 31.2 Å². The zero-order valence-electron chi connectivity index (χ0n) is 12.6. The lowest BCUT2D eigenvalue weighted by Crippen LogP contribution is -2.03. The molecule has 0 saturated carbocycles. The van der Waals surface area contributed by atoms with Crippen LogP contribution in [-0.4, -0.2) is 9.91 Å². The highest BCUT2D eigenvalue weighted by Gasteiger charge is 2.17. The highest BCUT2D eigenvalue weighted by atomic mass is 35.5. The van der Waals surface area contributed by atoms with Gasteiger partial charge >= 0.3 is 5.69 Å². The largest absolute Gasteiger partial charge is 0.480 e. The average molecular weight is 347 g/mol. The van der Waals surface area contributed by atoms with Crippen molar-refractivity contribution in [1.29, 1.82) is 0 Å². The molecule has 3 rings (SSSR count). The Morgan fingerprint density at radius 3 is 2.79 bits per heavy atom. The molecule has 24 heavy (non-hydrogen) atoms. The molecule has 0 aliphatic rings. The number of nitro benzene ring substituents is 1.